The third-order valence-electron chi connectivity index (χ3n) is 1.20. The average molecular weight is 151 g/mol. The van der Waals surface area contributed by atoms with Crippen LogP contribution in [-0.4, -0.2) is 11.2 Å². The summed E-state index contributed by atoms with van der Waals surface area (Å²) in [6, 6.07) is 3.99. The summed E-state index contributed by atoms with van der Waals surface area (Å²) in [5.74, 6) is 0. The Morgan fingerprint density at radius 1 is 1.60 bits per heavy atom. The van der Waals surface area contributed by atoms with Gasteiger partial charge in [-0.05, 0) is 17.9 Å². The van der Waals surface area contributed by atoms with E-state index in [9.17, 15) is 0 Å². The summed E-state index contributed by atoms with van der Waals surface area (Å²) in [4.78, 5) is 4.16. The van der Waals surface area contributed by atoms with Crippen LogP contribution < -0.4 is 0 Å². The maximum Gasteiger partial charge on any atom is 0.0957 e. The third kappa shape index (κ3) is 1.61. The highest BCUT2D eigenvalue weighted by Crippen LogP contribution is 2.10. The molecule has 1 heterocycles. The van der Waals surface area contributed by atoms with Crippen LogP contribution in [0.4, 0.5) is 0 Å². The van der Waals surface area contributed by atoms with Crippen LogP contribution in [-0.2, 0) is 0 Å². The van der Waals surface area contributed by atoms with Gasteiger partial charge in [0.05, 0.1) is 5.03 Å². The molecule has 1 nitrogen and oxygen atoms in total. The first-order chi connectivity index (χ1) is 4.86. The third-order valence-corrected chi connectivity index (χ3v) is 1.86. The molecule has 10 heavy (non-hydrogen) atoms. The van der Waals surface area contributed by atoms with Crippen LogP contribution in [0.3, 0.4) is 0 Å². The van der Waals surface area contributed by atoms with Crippen molar-refractivity contribution in [1.82, 2.24) is 4.98 Å². The van der Waals surface area contributed by atoms with Crippen molar-refractivity contribution in [2.45, 2.75) is 5.03 Å². The van der Waals surface area contributed by atoms with Crippen molar-refractivity contribution in [3.63, 3.8) is 0 Å². The monoisotopic (exact) mass is 151 g/mol. The minimum Gasteiger partial charge on any atom is -0.249 e. The predicted octanol–water partition coefficient (Wildman–Crippen LogP) is 2.45. The van der Waals surface area contributed by atoms with Crippen LogP contribution in [0.2, 0.25) is 0 Å². The van der Waals surface area contributed by atoms with Crippen molar-refractivity contribution in [3.05, 3.63) is 30.5 Å². The molecular formula is C8H9NS. The molecule has 0 spiro atoms. The molecule has 2 heteroatoms. The fourth-order valence-electron chi connectivity index (χ4n) is 0.633. The smallest absolute Gasteiger partial charge is 0.0957 e. The number of hydrogen-bond acceptors (Lipinski definition) is 2. The second-order valence-corrected chi connectivity index (χ2v) is 2.66. The van der Waals surface area contributed by atoms with Crippen molar-refractivity contribution in [2.24, 2.45) is 0 Å². The van der Waals surface area contributed by atoms with Crippen molar-refractivity contribution in [3.8, 4) is 0 Å². The maximum absolute atomic E-state index is 4.16. The number of thioether (sulfide) groups is 1. The summed E-state index contributed by atoms with van der Waals surface area (Å²) in [5.41, 5.74) is 1.07. The number of rotatable bonds is 2. The molecule has 0 bridgehead atoms. The molecule has 0 aliphatic rings. The summed E-state index contributed by atoms with van der Waals surface area (Å²) in [6.45, 7) is 3.64. The van der Waals surface area contributed by atoms with Gasteiger partial charge in [-0.3, -0.25) is 0 Å². The zero-order chi connectivity index (χ0) is 7.40. The molecule has 0 aliphatic carbocycles. The molecule has 0 saturated heterocycles. The van der Waals surface area contributed by atoms with E-state index in [1.807, 2.05) is 24.6 Å². The predicted molar refractivity (Wildman–Crippen MR) is 46.1 cm³/mol. The molecule has 1 aromatic rings. The van der Waals surface area contributed by atoms with Gasteiger partial charge in [0.25, 0.3) is 0 Å². The normalized spacial score (nSPS) is 9.30. The van der Waals surface area contributed by atoms with E-state index in [0.29, 0.717) is 0 Å². The molecular weight excluding hydrogens is 142 g/mol. The fraction of sp³-hybridized carbons (Fsp3) is 0.125. The second-order valence-electron chi connectivity index (χ2n) is 1.84. The summed E-state index contributed by atoms with van der Waals surface area (Å²) >= 11 is 1.64. The van der Waals surface area contributed by atoms with Gasteiger partial charge in [-0.25, -0.2) is 4.98 Å². The minimum absolute atomic E-state index is 1.05. The van der Waals surface area contributed by atoms with E-state index < -0.39 is 0 Å². The van der Waals surface area contributed by atoms with Crippen LogP contribution in [0.1, 0.15) is 5.56 Å². The Labute approximate surface area is 65.2 Å². The number of hydrogen-bond donors (Lipinski definition) is 0. The van der Waals surface area contributed by atoms with Gasteiger partial charge in [-0.15, -0.1) is 11.8 Å². The van der Waals surface area contributed by atoms with Gasteiger partial charge in [0.15, 0.2) is 0 Å². The molecule has 0 atom stereocenters. The Kier molecular flexibility index (Phi) is 2.51. The van der Waals surface area contributed by atoms with Crippen LogP contribution >= 0.6 is 11.8 Å². The fourth-order valence-corrected chi connectivity index (χ4v) is 0.995. The van der Waals surface area contributed by atoms with E-state index in [2.05, 4.69) is 11.6 Å². The molecule has 0 N–H and O–H groups in total. The first-order valence-electron chi connectivity index (χ1n) is 2.99. The number of pyridine rings is 1. The Bertz CT molecular complexity index is 215. The summed E-state index contributed by atoms with van der Waals surface area (Å²) in [5, 5.41) is 1.05. The zero-order valence-corrected chi connectivity index (χ0v) is 6.69. The van der Waals surface area contributed by atoms with Crippen LogP contribution in [0.5, 0.6) is 0 Å². The first-order valence-corrected chi connectivity index (χ1v) is 4.22. The second kappa shape index (κ2) is 3.42. The Morgan fingerprint density at radius 3 is 2.80 bits per heavy atom. The average Bonchev–Trinajstić information content (AvgIpc) is 2.05. The molecule has 0 unspecified atom stereocenters. The largest absolute Gasteiger partial charge is 0.249 e. The van der Waals surface area contributed by atoms with E-state index >= 15 is 0 Å². The molecule has 0 fully saturated rings. The lowest BCUT2D eigenvalue weighted by Gasteiger charge is -1.93. The van der Waals surface area contributed by atoms with Gasteiger partial charge in [0.2, 0.25) is 0 Å². The molecule has 0 amide bonds. The van der Waals surface area contributed by atoms with E-state index in [0.717, 1.165) is 10.6 Å². The van der Waals surface area contributed by atoms with E-state index in [-0.39, 0.29) is 0 Å². The molecule has 1 rings (SSSR count). The highest BCUT2D eigenvalue weighted by molar-refractivity contribution is 7.98. The lowest BCUT2D eigenvalue weighted by Crippen LogP contribution is -1.78. The molecule has 0 aliphatic heterocycles. The molecule has 0 radical (unpaired) electrons. The number of nitrogens with zero attached hydrogens (tertiary/aromatic N) is 1. The molecule has 1 aromatic heterocycles. The van der Waals surface area contributed by atoms with Crippen molar-refractivity contribution in [2.75, 3.05) is 6.26 Å². The van der Waals surface area contributed by atoms with Gasteiger partial charge in [-0.1, -0.05) is 18.7 Å². The van der Waals surface area contributed by atoms with Crippen LogP contribution in [0, 0.1) is 0 Å². The topological polar surface area (TPSA) is 12.9 Å². The lowest BCUT2D eigenvalue weighted by molar-refractivity contribution is 1.13. The summed E-state index contributed by atoms with van der Waals surface area (Å²) in [7, 11) is 0. The van der Waals surface area contributed by atoms with Crippen molar-refractivity contribution >= 4 is 17.8 Å². The van der Waals surface area contributed by atoms with E-state index in [1.165, 1.54) is 0 Å². The van der Waals surface area contributed by atoms with Gasteiger partial charge in [0, 0.05) is 6.20 Å². The Balaban J connectivity index is 2.90. The quantitative estimate of drug-likeness (QED) is 0.602. The SMILES string of the molecule is C=Cc1ccc(SC)nc1. The van der Waals surface area contributed by atoms with Gasteiger partial charge < -0.3 is 0 Å². The van der Waals surface area contributed by atoms with Gasteiger partial charge >= 0.3 is 0 Å². The van der Waals surface area contributed by atoms with Crippen molar-refractivity contribution < 1.29 is 0 Å². The maximum atomic E-state index is 4.16. The zero-order valence-electron chi connectivity index (χ0n) is 5.87. The highest BCUT2D eigenvalue weighted by Gasteiger charge is 1.88. The standard InChI is InChI=1S/C8H9NS/c1-3-7-4-5-8(10-2)9-6-7/h3-6H,1H2,2H3. The highest BCUT2D eigenvalue weighted by atomic mass is 32.2. The number of aromatic nitrogens is 1. The minimum atomic E-state index is 1.05. The Morgan fingerprint density at radius 2 is 2.40 bits per heavy atom. The van der Waals surface area contributed by atoms with Crippen molar-refractivity contribution in [1.29, 1.82) is 0 Å². The molecule has 0 saturated carbocycles. The van der Waals surface area contributed by atoms with Gasteiger partial charge in [0.1, 0.15) is 0 Å². The first kappa shape index (κ1) is 7.35. The van der Waals surface area contributed by atoms with E-state index in [4.69, 9.17) is 0 Å². The molecule has 52 valence electrons. The lowest BCUT2D eigenvalue weighted by atomic mass is 10.3. The van der Waals surface area contributed by atoms with E-state index in [1.54, 1.807) is 17.8 Å². The van der Waals surface area contributed by atoms with Gasteiger partial charge in [-0.2, -0.15) is 0 Å². The summed E-state index contributed by atoms with van der Waals surface area (Å²) < 4.78 is 0. The molecule has 0 aromatic carbocycles. The summed E-state index contributed by atoms with van der Waals surface area (Å²) in [6.07, 6.45) is 5.62. The van der Waals surface area contributed by atoms with Crippen LogP contribution in [0.15, 0.2) is 29.9 Å². The van der Waals surface area contributed by atoms with Crippen LogP contribution in [0.25, 0.3) is 6.08 Å². The Hall–Kier alpha value is -0.760.